The molecule has 0 spiro atoms. The van der Waals surface area contributed by atoms with Crippen LogP contribution in [0, 0.1) is 0 Å². The fourth-order valence-corrected chi connectivity index (χ4v) is 5.16. The molecule has 5 nitrogen and oxygen atoms in total. The summed E-state index contributed by atoms with van der Waals surface area (Å²) in [6, 6.07) is 14.8. The summed E-state index contributed by atoms with van der Waals surface area (Å²) >= 11 is 6.36. The molecule has 0 aliphatic heterocycles. The van der Waals surface area contributed by atoms with E-state index in [1.165, 1.54) is 11.3 Å². The quantitative estimate of drug-likeness (QED) is 0.353. The van der Waals surface area contributed by atoms with E-state index in [2.05, 4.69) is 31.5 Å². The summed E-state index contributed by atoms with van der Waals surface area (Å²) in [5, 5.41) is 8.76. The van der Waals surface area contributed by atoms with Crippen LogP contribution >= 0.6 is 38.6 Å². The lowest BCUT2D eigenvalue weighted by atomic mass is 10.0. The Kier molecular flexibility index (Phi) is 6.13. The Balaban J connectivity index is 1.52. The van der Waals surface area contributed by atoms with Gasteiger partial charge in [0.15, 0.2) is 0 Å². The standard InChI is InChI=1S/C21H18BrN3O2S2/c22-19-8-7-14(29-19)12-24-20(26)17(25-21(27)18-6-3-9-28-18)10-13-11-23-16-5-2-1-4-15(13)16/h1-9,11,17,23H,10,12H2,(H,24,26)(H,25,27). The van der Waals surface area contributed by atoms with Crippen LogP contribution in [0.25, 0.3) is 10.9 Å². The molecule has 0 aliphatic rings. The summed E-state index contributed by atoms with van der Waals surface area (Å²) in [6.45, 7) is 0.425. The molecule has 3 N–H and O–H groups in total. The van der Waals surface area contributed by atoms with Gasteiger partial charge in [-0.2, -0.15) is 0 Å². The number of rotatable bonds is 7. The topological polar surface area (TPSA) is 74.0 Å². The largest absolute Gasteiger partial charge is 0.361 e. The normalized spacial score (nSPS) is 12.0. The zero-order valence-electron chi connectivity index (χ0n) is 15.3. The molecule has 3 heterocycles. The minimum absolute atomic E-state index is 0.204. The molecule has 0 saturated heterocycles. The number of hydrogen-bond donors (Lipinski definition) is 3. The van der Waals surface area contributed by atoms with Gasteiger partial charge in [-0.15, -0.1) is 22.7 Å². The van der Waals surface area contributed by atoms with Gasteiger partial charge in [-0.3, -0.25) is 9.59 Å². The highest BCUT2D eigenvalue weighted by Gasteiger charge is 2.23. The molecular formula is C21H18BrN3O2S2. The zero-order valence-corrected chi connectivity index (χ0v) is 18.5. The number of aromatic nitrogens is 1. The fraction of sp³-hybridized carbons (Fsp3) is 0.143. The van der Waals surface area contributed by atoms with Gasteiger partial charge in [-0.05, 0) is 51.1 Å². The average Bonchev–Trinajstić information content (AvgIpc) is 3.47. The highest BCUT2D eigenvalue weighted by atomic mass is 79.9. The van der Waals surface area contributed by atoms with Crippen molar-refractivity contribution in [1.29, 1.82) is 0 Å². The van der Waals surface area contributed by atoms with Crippen molar-refractivity contribution in [3.8, 4) is 0 Å². The number of benzene rings is 1. The molecule has 4 aromatic rings. The Bertz CT molecular complexity index is 1130. The molecular weight excluding hydrogens is 470 g/mol. The second kappa shape index (κ2) is 8.94. The fourth-order valence-electron chi connectivity index (χ4n) is 3.11. The minimum Gasteiger partial charge on any atom is -0.361 e. The third-order valence-corrected chi connectivity index (χ3v) is 7.02. The number of para-hydroxylation sites is 1. The predicted octanol–water partition coefficient (Wildman–Crippen LogP) is 4.71. The molecule has 1 aromatic carbocycles. The number of nitrogens with one attached hydrogen (secondary N) is 3. The minimum atomic E-state index is -0.674. The molecule has 0 radical (unpaired) electrons. The van der Waals surface area contributed by atoms with Crippen LogP contribution in [0.5, 0.6) is 0 Å². The molecule has 3 aromatic heterocycles. The van der Waals surface area contributed by atoms with Crippen molar-refractivity contribution in [2.45, 2.75) is 19.0 Å². The molecule has 8 heteroatoms. The number of amides is 2. The van der Waals surface area contributed by atoms with Gasteiger partial charge in [-0.25, -0.2) is 0 Å². The van der Waals surface area contributed by atoms with E-state index in [0.717, 1.165) is 25.1 Å². The predicted molar refractivity (Wildman–Crippen MR) is 121 cm³/mol. The monoisotopic (exact) mass is 487 g/mol. The van der Waals surface area contributed by atoms with E-state index in [4.69, 9.17) is 0 Å². The van der Waals surface area contributed by atoms with Gasteiger partial charge in [0, 0.05) is 28.4 Å². The Labute approximate surface area is 184 Å². The number of fused-ring (bicyclic) bond motifs is 1. The van der Waals surface area contributed by atoms with E-state index in [9.17, 15) is 9.59 Å². The van der Waals surface area contributed by atoms with Gasteiger partial charge in [-0.1, -0.05) is 24.3 Å². The first-order chi connectivity index (χ1) is 14.1. The van der Waals surface area contributed by atoms with Crippen LogP contribution in [0.1, 0.15) is 20.1 Å². The van der Waals surface area contributed by atoms with E-state index >= 15 is 0 Å². The summed E-state index contributed by atoms with van der Waals surface area (Å²) in [5.74, 6) is -0.441. The lowest BCUT2D eigenvalue weighted by molar-refractivity contribution is -0.123. The van der Waals surface area contributed by atoms with Crippen molar-refractivity contribution >= 4 is 61.3 Å². The van der Waals surface area contributed by atoms with Crippen LogP contribution in [0.4, 0.5) is 0 Å². The highest BCUT2D eigenvalue weighted by Crippen LogP contribution is 2.22. The zero-order chi connectivity index (χ0) is 20.2. The van der Waals surface area contributed by atoms with Gasteiger partial charge in [0.2, 0.25) is 5.91 Å². The molecule has 0 saturated carbocycles. The SMILES string of the molecule is O=C(NC(Cc1c[nH]c2ccccc12)C(=O)NCc1ccc(Br)s1)c1cccs1. The molecule has 29 heavy (non-hydrogen) atoms. The maximum atomic E-state index is 13.0. The van der Waals surface area contributed by atoms with Crippen LogP contribution < -0.4 is 10.6 Å². The number of carbonyl (C=O) groups is 2. The van der Waals surface area contributed by atoms with E-state index in [0.29, 0.717) is 17.8 Å². The van der Waals surface area contributed by atoms with Gasteiger partial charge >= 0.3 is 0 Å². The summed E-state index contributed by atoms with van der Waals surface area (Å²) in [4.78, 5) is 30.4. The van der Waals surface area contributed by atoms with Crippen molar-refractivity contribution in [2.24, 2.45) is 0 Å². The van der Waals surface area contributed by atoms with Gasteiger partial charge < -0.3 is 15.6 Å². The maximum absolute atomic E-state index is 13.0. The molecule has 0 aliphatic carbocycles. The molecule has 2 amide bonds. The highest BCUT2D eigenvalue weighted by molar-refractivity contribution is 9.11. The third-order valence-electron chi connectivity index (χ3n) is 4.53. The van der Waals surface area contributed by atoms with Crippen molar-refractivity contribution < 1.29 is 9.59 Å². The van der Waals surface area contributed by atoms with Crippen LogP contribution in [0.15, 0.2) is 63.9 Å². The van der Waals surface area contributed by atoms with Gasteiger partial charge in [0.1, 0.15) is 6.04 Å². The molecule has 1 unspecified atom stereocenters. The first kappa shape index (κ1) is 19.9. The van der Waals surface area contributed by atoms with Crippen LogP contribution in [-0.2, 0) is 17.8 Å². The van der Waals surface area contributed by atoms with Crippen LogP contribution in [0.3, 0.4) is 0 Å². The molecule has 148 valence electrons. The number of thiophene rings is 2. The number of aromatic amines is 1. The molecule has 0 bridgehead atoms. The number of hydrogen-bond acceptors (Lipinski definition) is 4. The number of halogens is 1. The summed E-state index contributed by atoms with van der Waals surface area (Å²) in [5.41, 5.74) is 2.00. The summed E-state index contributed by atoms with van der Waals surface area (Å²) in [6.07, 6.45) is 2.31. The van der Waals surface area contributed by atoms with E-state index in [1.54, 1.807) is 17.4 Å². The number of H-pyrrole nitrogens is 1. The average molecular weight is 488 g/mol. The van der Waals surface area contributed by atoms with Crippen LogP contribution in [0.2, 0.25) is 0 Å². The smallest absolute Gasteiger partial charge is 0.262 e. The van der Waals surface area contributed by atoms with Crippen molar-refractivity contribution in [2.75, 3.05) is 0 Å². The summed E-state index contributed by atoms with van der Waals surface area (Å²) in [7, 11) is 0. The van der Waals surface area contributed by atoms with Gasteiger partial charge in [0.25, 0.3) is 5.91 Å². The Morgan fingerprint density at radius 3 is 2.72 bits per heavy atom. The van der Waals surface area contributed by atoms with Gasteiger partial charge in [0.05, 0.1) is 15.2 Å². The molecule has 4 rings (SSSR count). The maximum Gasteiger partial charge on any atom is 0.262 e. The Morgan fingerprint density at radius 1 is 1.10 bits per heavy atom. The lowest BCUT2D eigenvalue weighted by Crippen LogP contribution is -2.47. The lowest BCUT2D eigenvalue weighted by Gasteiger charge is -2.18. The summed E-state index contributed by atoms with van der Waals surface area (Å²) < 4.78 is 1.02. The molecule has 1 atom stereocenters. The number of carbonyl (C=O) groups excluding carboxylic acids is 2. The van der Waals surface area contributed by atoms with E-state index in [-0.39, 0.29) is 11.8 Å². The van der Waals surface area contributed by atoms with Crippen molar-refractivity contribution in [3.05, 3.63) is 79.2 Å². The van der Waals surface area contributed by atoms with E-state index < -0.39 is 6.04 Å². The molecule has 0 fully saturated rings. The van der Waals surface area contributed by atoms with Crippen LogP contribution in [-0.4, -0.2) is 22.8 Å². The second-order valence-electron chi connectivity index (χ2n) is 6.49. The van der Waals surface area contributed by atoms with E-state index in [1.807, 2.05) is 54.0 Å². The first-order valence-electron chi connectivity index (χ1n) is 9.01. The third kappa shape index (κ3) is 4.77. The second-order valence-corrected chi connectivity index (χ2v) is 9.99. The Morgan fingerprint density at radius 2 is 1.97 bits per heavy atom. The van der Waals surface area contributed by atoms with Crippen molar-refractivity contribution in [3.63, 3.8) is 0 Å². The first-order valence-corrected chi connectivity index (χ1v) is 11.5. The van der Waals surface area contributed by atoms with Crippen molar-refractivity contribution in [1.82, 2.24) is 15.6 Å². The Hall–Kier alpha value is -2.42.